The summed E-state index contributed by atoms with van der Waals surface area (Å²) < 4.78 is 41.2. The summed E-state index contributed by atoms with van der Waals surface area (Å²) in [5, 5.41) is 11.6. The Labute approximate surface area is 127 Å². The van der Waals surface area contributed by atoms with E-state index in [9.17, 15) is 22.8 Å². The molecule has 2 aromatic rings. The number of nitrogens with zero attached hydrogens (tertiary/aromatic N) is 3. The molecule has 1 aromatic carbocycles. The molecule has 0 radical (unpaired) electrons. The number of halogens is 3. The van der Waals surface area contributed by atoms with Crippen LogP contribution in [0.4, 0.5) is 13.2 Å². The molecule has 0 bridgehead atoms. The molecule has 1 aromatic heterocycles. The zero-order valence-corrected chi connectivity index (χ0v) is 11.4. The number of hydrogen-bond donors (Lipinski definition) is 0. The van der Waals surface area contributed by atoms with E-state index in [1.165, 1.54) is 24.3 Å². The Morgan fingerprint density at radius 1 is 1.22 bits per heavy atom. The monoisotopic (exact) mass is 323 g/mol. The summed E-state index contributed by atoms with van der Waals surface area (Å²) in [5.41, 5.74) is 0.265. The third-order valence-electron chi connectivity index (χ3n) is 2.79. The zero-order chi connectivity index (χ0) is 17.0. The number of ketones is 2. The van der Waals surface area contributed by atoms with Gasteiger partial charge in [0.1, 0.15) is 0 Å². The van der Waals surface area contributed by atoms with Crippen LogP contribution in [0.3, 0.4) is 0 Å². The molecule has 23 heavy (non-hydrogen) atoms. The predicted octanol–water partition coefficient (Wildman–Crippen LogP) is 2.81. The molecule has 9 heteroatoms. The minimum Gasteiger partial charge on any atom is -0.329 e. The molecular weight excluding hydrogens is 315 g/mol. The number of nitriles is 1. The van der Waals surface area contributed by atoms with Crippen molar-refractivity contribution < 1.29 is 27.3 Å². The van der Waals surface area contributed by atoms with Gasteiger partial charge in [0.15, 0.2) is 0 Å². The van der Waals surface area contributed by atoms with Crippen LogP contribution in [0, 0.1) is 11.3 Å². The molecule has 6 nitrogen and oxygen atoms in total. The molecule has 0 saturated heterocycles. The molecule has 0 saturated carbocycles. The van der Waals surface area contributed by atoms with Crippen LogP contribution in [-0.2, 0) is 11.0 Å². The van der Waals surface area contributed by atoms with Crippen molar-refractivity contribution in [1.82, 2.24) is 10.1 Å². The lowest BCUT2D eigenvalue weighted by Gasteiger charge is -2.00. The molecule has 0 aliphatic carbocycles. The summed E-state index contributed by atoms with van der Waals surface area (Å²) in [6, 6.07) is 6.90. The first-order chi connectivity index (χ1) is 10.8. The molecule has 0 amide bonds. The van der Waals surface area contributed by atoms with E-state index in [-0.39, 0.29) is 29.8 Å². The first kappa shape index (κ1) is 16.4. The van der Waals surface area contributed by atoms with Crippen molar-refractivity contribution in [2.24, 2.45) is 0 Å². The van der Waals surface area contributed by atoms with Gasteiger partial charge >= 0.3 is 12.1 Å². The maximum Gasteiger partial charge on any atom is 0.471 e. The summed E-state index contributed by atoms with van der Waals surface area (Å²) in [7, 11) is 0. The Morgan fingerprint density at radius 3 is 2.39 bits per heavy atom. The van der Waals surface area contributed by atoms with Crippen molar-refractivity contribution in [3.63, 3.8) is 0 Å². The van der Waals surface area contributed by atoms with Gasteiger partial charge in [-0.1, -0.05) is 29.4 Å². The van der Waals surface area contributed by atoms with E-state index in [1.54, 1.807) is 6.07 Å². The average Bonchev–Trinajstić information content (AvgIpc) is 3.02. The highest BCUT2D eigenvalue weighted by Crippen LogP contribution is 2.29. The lowest BCUT2D eigenvalue weighted by molar-refractivity contribution is -0.159. The van der Waals surface area contributed by atoms with E-state index < -0.39 is 23.6 Å². The fraction of sp³-hybridized carbons (Fsp3) is 0.214. The van der Waals surface area contributed by atoms with Crippen molar-refractivity contribution in [1.29, 1.82) is 5.26 Å². The van der Waals surface area contributed by atoms with E-state index >= 15 is 0 Å². The fourth-order valence-corrected chi connectivity index (χ4v) is 1.67. The van der Waals surface area contributed by atoms with Crippen LogP contribution in [0.15, 0.2) is 28.8 Å². The van der Waals surface area contributed by atoms with Gasteiger partial charge in [-0.15, -0.1) is 0 Å². The molecule has 2 rings (SSSR count). The number of alkyl halides is 3. The normalized spacial score (nSPS) is 11.0. The third kappa shape index (κ3) is 3.79. The van der Waals surface area contributed by atoms with Gasteiger partial charge in [0, 0.05) is 24.0 Å². The van der Waals surface area contributed by atoms with Crippen molar-refractivity contribution in [3.8, 4) is 17.5 Å². The molecule has 0 aliphatic rings. The second-order valence-corrected chi connectivity index (χ2v) is 4.41. The number of aromatic nitrogens is 2. The van der Waals surface area contributed by atoms with Crippen LogP contribution in [0.5, 0.6) is 0 Å². The molecular formula is C14H8F3N3O3. The van der Waals surface area contributed by atoms with Crippen molar-refractivity contribution >= 4 is 11.6 Å². The number of carbonyl (C=O) groups is 2. The van der Waals surface area contributed by atoms with Gasteiger partial charge in [-0.3, -0.25) is 9.59 Å². The molecule has 0 spiro atoms. The van der Waals surface area contributed by atoms with E-state index in [4.69, 9.17) is 5.26 Å². The summed E-state index contributed by atoms with van der Waals surface area (Å²) in [6.45, 7) is 0. The minimum atomic E-state index is -4.74. The zero-order valence-electron chi connectivity index (χ0n) is 11.4. The summed E-state index contributed by atoms with van der Waals surface area (Å²) in [4.78, 5) is 26.5. The average molecular weight is 323 g/mol. The van der Waals surface area contributed by atoms with Crippen molar-refractivity contribution in [3.05, 3.63) is 35.7 Å². The van der Waals surface area contributed by atoms with Gasteiger partial charge in [0.05, 0.1) is 6.07 Å². The highest BCUT2D eigenvalue weighted by Gasteiger charge is 2.38. The molecule has 118 valence electrons. The second-order valence-electron chi connectivity index (χ2n) is 4.41. The maximum absolute atomic E-state index is 12.4. The Kier molecular flexibility index (Phi) is 4.55. The van der Waals surface area contributed by atoms with Crippen LogP contribution in [-0.4, -0.2) is 21.7 Å². The third-order valence-corrected chi connectivity index (χ3v) is 2.79. The second kappa shape index (κ2) is 6.39. The Morgan fingerprint density at radius 2 is 1.87 bits per heavy atom. The van der Waals surface area contributed by atoms with Crippen LogP contribution < -0.4 is 0 Å². The van der Waals surface area contributed by atoms with E-state index in [2.05, 4.69) is 14.7 Å². The number of hydrogen-bond acceptors (Lipinski definition) is 6. The molecule has 0 atom stereocenters. The van der Waals surface area contributed by atoms with Crippen LogP contribution in [0.25, 0.3) is 11.4 Å². The number of Topliss-reactive ketones (excluding diaryl/α,β-unsaturated/α-hetero) is 2. The quantitative estimate of drug-likeness (QED) is 0.620. The van der Waals surface area contributed by atoms with Gasteiger partial charge < -0.3 is 4.52 Å². The molecule has 0 N–H and O–H groups in total. The smallest absolute Gasteiger partial charge is 0.329 e. The summed E-state index contributed by atoms with van der Waals surface area (Å²) in [5.74, 6) is -3.24. The van der Waals surface area contributed by atoms with Crippen LogP contribution in [0.1, 0.15) is 29.1 Å². The highest BCUT2D eigenvalue weighted by molar-refractivity contribution is 6.43. The van der Waals surface area contributed by atoms with Gasteiger partial charge in [0.2, 0.25) is 17.4 Å². The first-order valence-corrected chi connectivity index (χ1v) is 6.28. The lowest BCUT2D eigenvalue weighted by atomic mass is 10.0. The maximum atomic E-state index is 12.4. The van der Waals surface area contributed by atoms with Gasteiger partial charge in [-0.2, -0.15) is 23.4 Å². The fourth-order valence-electron chi connectivity index (χ4n) is 1.67. The predicted molar refractivity (Wildman–Crippen MR) is 68.9 cm³/mol. The molecule has 0 aliphatic heterocycles. The van der Waals surface area contributed by atoms with Gasteiger partial charge in [-0.25, -0.2) is 0 Å². The van der Waals surface area contributed by atoms with Gasteiger partial charge in [0.25, 0.3) is 0 Å². The topological polar surface area (TPSA) is 96.8 Å². The molecule has 0 unspecified atom stereocenters. The van der Waals surface area contributed by atoms with Gasteiger partial charge in [-0.05, 0) is 0 Å². The number of benzene rings is 1. The first-order valence-electron chi connectivity index (χ1n) is 6.28. The minimum absolute atomic E-state index is 0.0638. The van der Waals surface area contributed by atoms with Crippen LogP contribution >= 0.6 is 0 Å². The SMILES string of the molecule is N#CCCC(=O)C(=O)c1ccc(-c2noc(C(F)(F)F)n2)cc1. The summed E-state index contributed by atoms with van der Waals surface area (Å²) in [6.07, 6.45) is -4.99. The lowest BCUT2D eigenvalue weighted by Crippen LogP contribution is -2.13. The standard InChI is InChI=1S/C14H8F3N3O3/c15-14(16,17)13-19-12(20-23-13)9-5-3-8(4-6-9)11(22)10(21)2-1-7-18/h3-6H,1-2H2. The molecule has 0 fully saturated rings. The number of carbonyl (C=O) groups excluding carboxylic acids is 2. The van der Waals surface area contributed by atoms with Crippen molar-refractivity contribution in [2.75, 3.05) is 0 Å². The molecule has 1 heterocycles. The van der Waals surface area contributed by atoms with E-state index in [1.807, 2.05) is 0 Å². The highest BCUT2D eigenvalue weighted by atomic mass is 19.4. The van der Waals surface area contributed by atoms with E-state index in [0.29, 0.717) is 0 Å². The Balaban J connectivity index is 2.17. The number of rotatable bonds is 5. The summed E-state index contributed by atoms with van der Waals surface area (Å²) >= 11 is 0. The Hall–Kier alpha value is -3.02. The van der Waals surface area contributed by atoms with Crippen molar-refractivity contribution in [2.45, 2.75) is 19.0 Å². The Bertz CT molecular complexity index is 773. The van der Waals surface area contributed by atoms with Crippen LogP contribution in [0.2, 0.25) is 0 Å². The van der Waals surface area contributed by atoms with E-state index in [0.717, 1.165) is 0 Å². The largest absolute Gasteiger partial charge is 0.471 e.